The molecule has 0 aliphatic carbocycles. The van der Waals surface area contributed by atoms with Crippen LogP contribution in [0.15, 0.2) is 89.2 Å². The maximum atomic E-state index is 13.8. The third-order valence-electron chi connectivity index (χ3n) is 7.55. The molecule has 1 aromatic heterocycles. The summed E-state index contributed by atoms with van der Waals surface area (Å²) in [6, 6.07) is 21.8. The lowest BCUT2D eigenvalue weighted by molar-refractivity contribution is -0.141. The number of likely N-dealkylation sites (N-methyl/N-ethyl adjacent to an activating group) is 1. The van der Waals surface area contributed by atoms with E-state index in [2.05, 4.69) is 5.32 Å². The molecule has 240 valence electrons. The Morgan fingerprint density at radius 3 is 2.48 bits per heavy atom. The summed E-state index contributed by atoms with van der Waals surface area (Å²) >= 11 is 7.82. The van der Waals surface area contributed by atoms with E-state index >= 15 is 0 Å². The van der Waals surface area contributed by atoms with Gasteiger partial charge in [0.1, 0.15) is 12.6 Å². The predicted molar refractivity (Wildman–Crippen MR) is 178 cm³/mol. The van der Waals surface area contributed by atoms with Crippen molar-refractivity contribution in [1.82, 2.24) is 19.7 Å². The molecule has 0 radical (unpaired) electrons. The van der Waals surface area contributed by atoms with Gasteiger partial charge in [0, 0.05) is 29.6 Å². The minimum absolute atomic E-state index is 0.114. The SMILES string of the molecule is CCN(CC)C(=O)COc1ccc(C2C(C(=O)OCc3ccccc3)=C(C)Nc3nc(SCc4ccccc4Cl)nn32)cc1OC. The molecule has 0 bridgehead atoms. The van der Waals surface area contributed by atoms with Gasteiger partial charge < -0.3 is 24.4 Å². The molecule has 0 fully saturated rings. The summed E-state index contributed by atoms with van der Waals surface area (Å²) in [6.45, 7) is 6.84. The molecular weight excluding hydrogens is 626 g/mol. The van der Waals surface area contributed by atoms with E-state index in [1.54, 1.807) is 21.7 Å². The lowest BCUT2D eigenvalue weighted by atomic mass is 9.95. The van der Waals surface area contributed by atoms with E-state index < -0.39 is 12.0 Å². The fourth-order valence-corrected chi connectivity index (χ4v) is 6.22. The third-order valence-corrected chi connectivity index (χ3v) is 8.81. The van der Waals surface area contributed by atoms with E-state index in [-0.39, 0.29) is 19.1 Å². The molecule has 0 spiro atoms. The van der Waals surface area contributed by atoms with Gasteiger partial charge in [-0.1, -0.05) is 78.0 Å². The van der Waals surface area contributed by atoms with Crippen LogP contribution in [0.25, 0.3) is 0 Å². The van der Waals surface area contributed by atoms with E-state index in [1.807, 2.05) is 81.4 Å². The zero-order valence-electron chi connectivity index (χ0n) is 26.2. The highest BCUT2D eigenvalue weighted by Crippen LogP contribution is 2.40. The number of thioether (sulfide) groups is 1. The molecule has 5 rings (SSSR count). The van der Waals surface area contributed by atoms with Crippen molar-refractivity contribution < 1.29 is 23.8 Å². The first-order valence-corrected chi connectivity index (χ1v) is 16.3. The lowest BCUT2D eigenvalue weighted by Crippen LogP contribution is -2.34. The van der Waals surface area contributed by atoms with Gasteiger partial charge in [-0.2, -0.15) is 4.98 Å². The number of aromatic nitrogens is 3. The lowest BCUT2D eigenvalue weighted by Gasteiger charge is -2.28. The van der Waals surface area contributed by atoms with Gasteiger partial charge in [-0.05, 0) is 55.7 Å². The molecule has 1 atom stereocenters. The smallest absolute Gasteiger partial charge is 0.338 e. The molecule has 1 aliphatic heterocycles. The van der Waals surface area contributed by atoms with Crippen LogP contribution in [0.4, 0.5) is 5.95 Å². The van der Waals surface area contributed by atoms with Gasteiger partial charge in [0.25, 0.3) is 5.91 Å². The number of carbonyl (C=O) groups excluding carboxylic acids is 2. The van der Waals surface area contributed by atoms with Gasteiger partial charge in [-0.15, -0.1) is 5.10 Å². The van der Waals surface area contributed by atoms with Gasteiger partial charge >= 0.3 is 5.97 Å². The first-order chi connectivity index (χ1) is 22.3. The average Bonchev–Trinajstić information content (AvgIpc) is 3.48. The number of fused-ring (bicyclic) bond motifs is 1. The fraction of sp³-hybridized carbons (Fsp3) is 0.294. The molecule has 3 aromatic carbocycles. The second-order valence-electron chi connectivity index (χ2n) is 10.4. The van der Waals surface area contributed by atoms with Crippen LogP contribution in [0.1, 0.15) is 43.5 Å². The number of carbonyl (C=O) groups is 2. The first kappa shape index (κ1) is 32.9. The highest BCUT2D eigenvalue weighted by atomic mass is 35.5. The van der Waals surface area contributed by atoms with Crippen LogP contribution in [0.2, 0.25) is 5.02 Å². The van der Waals surface area contributed by atoms with Gasteiger partial charge in [-0.25, -0.2) is 9.48 Å². The number of hydrogen-bond acceptors (Lipinski definition) is 9. The standard InChI is InChI=1S/C34H36ClN5O5S/c1-5-39(6-2)29(41)20-44-27-17-16-24(18-28(27)43-4)31-30(32(42)45-19-23-12-8-7-9-13-23)22(3)36-33-37-34(38-40(31)33)46-21-25-14-10-11-15-26(25)35/h7-18,31H,5-6,19-21H2,1-4H3,(H,36,37,38). The van der Waals surface area contributed by atoms with Crippen molar-refractivity contribution in [1.29, 1.82) is 0 Å². The summed E-state index contributed by atoms with van der Waals surface area (Å²) in [5, 5.41) is 9.24. The number of methoxy groups -OCH3 is 1. The quantitative estimate of drug-likeness (QED) is 0.127. The number of amides is 1. The number of allylic oxidation sites excluding steroid dienone is 1. The maximum Gasteiger partial charge on any atom is 0.338 e. The van der Waals surface area contributed by atoms with Crippen molar-refractivity contribution in [3.8, 4) is 11.5 Å². The molecule has 0 saturated carbocycles. The zero-order valence-corrected chi connectivity index (χ0v) is 27.7. The number of nitrogens with zero attached hydrogens (tertiary/aromatic N) is 4. The summed E-state index contributed by atoms with van der Waals surface area (Å²) < 4.78 is 19.0. The summed E-state index contributed by atoms with van der Waals surface area (Å²) in [5.74, 6) is 1.25. The minimum atomic E-state index is -0.693. The summed E-state index contributed by atoms with van der Waals surface area (Å²) in [6.07, 6.45) is 0. The Balaban J connectivity index is 1.47. The van der Waals surface area contributed by atoms with Crippen LogP contribution in [0, 0.1) is 0 Å². The molecule has 12 heteroatoms. The molecular formula is C34H36ClN5O5S. The number of esters is 1. The monoisotopic (exact) mass is 661 g/mol. The molecule has 2 heterocycles. The van der Waals surface area contributed by atoms with E-state index in [0.29, 0.717) is 63.3 Å². The Bertz CT molecular complexity index is 1720. The van der Waals surface area contributed by atoms with E-state index in [0.717, 1.165) is 11.1 Å². The van der Waals surface area contributed by atoms with Crippen LogP contribution in [-0.4, -0.2) is 58.3 Å². The van der Waals surface area contributed by atoms with Crippen LogP contribution in [-0.2, 0) is 26.7 Å². The van der Waals surface area contributed by atoms with Crippen LogP contribution in [0.3, 0.4) is 0 Å². The number of anilines is 1. The average molecular weight is 662 g/mol. The van der Waals surface area contributed by atoms with Crippen molar-refractivity contribution >= 4 is 41.2 Å². The van der Waals surface area contributed by atoms with Gasteiger partial charge in [0.15, 0.2) is 18.1 Å². The van der Waals surface area contributed by atoms with Crippen molar-refractivity contribution in [3.63, 3.8) is 0 Å². The van der Waals surface area contributed by atoms with Crippen LogP contribution >= 0.6 is 23.4 Å². The number of nitrogens with one attached hydrogen (secondary N) is 1. The van der Waals surface area contributed by atoms with Crippen molar-refractivity contribution in [2.45, 2.75) is 44.3 Å². The second-order valence-corrected chi connectivity index (χ2v) is 11.8. The highest BCUT2D eigenvalue weighted by molar-refractivity contribution is 7.98. The van der Waals surface area contributed by atoms with Crippen molar-refractivity contribution in [3.05, 3.63) is 106 Å². The number of benzene rings is 3. The third kappa shape index (κ3) is 7.48. The van der Waals surface area contributed by atoms with E-state index in [1.165, 1.54) is 18.9 Å². The van der Waals surface area contributed by atoms with Gasteiger partial charge in [0.05, 0.1) is 12.7 Å². The van der Waals surface area contributed by atoms with Crippen LogP contribution < -0.4 is 14.8 Å². The zero-order chi connectivity index (χ0) is 32.6. The Labute approximate surface area is 277 Å². The normalized spacial score (nSPS) is 13.9. The second kappa shape index (κ2) is 15.2. The number of ether oxygens (including phenoxy) is 3. The molecule has 4 aromatic rings. The van der Waals surface area contributed by atoms with E-state index in [9.17, 15) is 9.59 Å². The molecule has 1 N–H and O–H groups in total. The highest BCUT2D eigenvalue weighted by Gasteiger charge is 2.36. The number of rotatable bonds is 13. The molecule has 1 amide bonds. The summed E-state index contributed by atoms with van der Waals surface area (Å²) in [4.78, 5) is 32.8. The largest absolute Gasteiger partial charge is 0.493 e. The maximum absolute atomic E-state index is 13.8. The molecule has 46 heavy (non-hydrogen) atoms. The van der Waals surface area contributed by atoms with Crippen molar-refractivity contribution in [2.24, 2.45) is 0 Å². The Hall–Kier alpha value is -4.48. The summed E-state index contributed by atoms with van der Waals surface area (Å²) in [5.41, 5.74) is 3.50. The topological polar surface area (TPSA) is 108 Å². The Morgan fingerprint density at radius 2 is 1.76 bits per heavy atom. The Kier molecular flexibility index (Phi) is 10.9. The molecule has 1 unspecified atom stereocenters. The van der Waals surface area contributed by atoms with Crippen LogP contribution in [0.5, 0.6) is 11.5 Å². The van der Waals surface area contributed by atoms with Gasteiger partial charge in [0.2, 0.25) is 11.1 Å². The summed E-state index contributed by atoms with van der Waals surface area (Å²) in [7, 11) is 1.53. The minimum Gasteiger partial charge on any atom is -0.493 e. The predicted octanol–water partition coefficient (Wildman–Crippen LogP) is 6.51. The van der Waals surface area contributed by atoms with Crippen molar-refractivity contribution in [2.75, 3.05) is 32.1 Å². The molecule has 1 aliphatic rings. The number of halogens is 1. The number of hydrogen-bond donors (Lipinski definition) is 1. The first-order valence-electron chi connectivity index (χ1n) is 14.9. The fourth-order valence-electron chi connectivity index (χ4n) is 5.10. The Morgan fingerprint density at radius 1 is 1.02 bits per heavy atom. The van der Waals surface area contributed by atoms with Gasteiger partial charge in [-0.3, -0.25) is 4.79 Å². The van der Waals surface area contributed by atoms with E-state index in [4.69, 9.17) is 35.9 Å². The molecule has 0 saturated heterocycles. The molecule has 10 nitrogen and oxygen atoms in total.